The molecule has 0 bridgehead atoms. The Kier molecular flexibility index (Phi) is 2.37. The van der Waals surface area contributed by atoms with Crippen LogP contribution in [0.2, 0.25) is 0 Å². The zero-order valence-corrected chi connectivity index (χ0v) is 10.4. The van der Waals surface area contributed by atoms with Gasteiger partial charge in [0.05, 0.1) is 48.2 Å². The molecule has 0 atom stereocenters. The van der Waals surface area contributed by atoms with Gasteiger partial charge in [-0.05, 0) is 22.0 Å². The Morgan fingerprint density at radius 3 is 2.94 bits per heavy atom. The minimum Gasteiger partial charge on any atom is -0.495 e. The number of aromatic nitrogens is 2. The monoisotopic (exact) mass is 282 g/mol. The maximum atomic E-state index is 5.29. The molecule has 0 aliphatic carbocycles. The molecule has 0 N–H and O–H groups in total. The van der Waals surface area contributed by atoms with Crippen molar-refractivity contribution >= 4 is 27.0 Å². The molecule has 2 heterocycles. The number of hydrogen-bond acceptors (Lipinski definition) is 3. The molecule has 1 aromatic carbocycles. The fraction of sp³-hybridized carbons (Fsp3) is 0.364. The molecule has 1 aromatic heterocycles. The van der Waals surface area contributed by atoms with E-state index in [0.717, 1.165) is 34.5 Å². The molecule has 1 saturated heterocycles. The SMILES string of the molecule is COc1cc2c(cc1Br)ncn2C1COC1. The summed E-state index contributed by atoms with van der Waals surface area (Å²) in [5.74, 6) is 0.828. The third-order valence-electron chi connectivity index (χ3n) is 2.86. The standard InChI is InChI=1S/C11H11BrN2O2/c1-15-11-3-10-9(2-8(11)12)13-6-14(10)7-4-16-5-7/h2-3,6-7H,4-5H2,1H3. The van der Waals surface area contributed by atoms with Crippen LogP contribution < -0.4 is 4.74 Å². The highest BCUT2D eigenvalue weighted by atomic mass is 79.9. The summed E-state index contributed by atoms with van der Waals surface area (Å²) in [5, 5.41) is 0. The third kappa shape index (κ3) is 1.43. The first-order chi connectivity index (χ1) is 7.79. The molecule has 3 rings (SSSR count). The van der Waals surface area contributed by atoms with Crippen LogP contribution >= 0.6 is 15.9 Å². The molecule has 2 aromatic rings. The highest BCUT2D eigenvalue weighted by molar-refractivity contribution is 9.10. The van der Waals surface area contributed by atoms with E-state index >= 15 is 0 Å². The first kappa shape index (κ1) is 10.1. The molecule has 0 radical (unpaired) electrons. The second kappa shape index (κ2) is 3.75. The number of benzene rings is 1. The van der Waals surface area contributed by atoms with Crippen LogP contribution in [0, 0.1) is 0 Å². The van der Waals surface area contributed by atoms with Crippen molar-refractivity contribution in [2.75, 3.05) is 20.3 Å². The van der Waals surface area contributed by atoms with Gasteiger partial charge in [-0.2, -0.15) is 0 Å². The molecule has 1 fully saturated rings. The lowest BCUT2D eigenvalue weighted by Gasteiger charge is -2.27. The van der Waals surface area contributed by atoms with Gasteiger partial charge >= 0.3 is 0 Å². The molecule has 0 saturated carbocycles. The lowest BCUT2D eigenvalue weighted by Crippen LogP contribution is -2.30. The molecule has 0 spiro atoms. The summed E-state index contributed by atoms with van der Waals surface area (Å²) in [5.41, 5.74) is 2.06. The average molecular weight is 283 g/mol. The number of ether oxygens (including phenoxy) is 2. The van der Waals surface area contributed by atoms with Crippen molar-refractivity contribution < 1.29 is 9.47 Å². The molecule has 16 heavy (non-hydrogen) atoms. The van der Waals surface area contributed by atoms with Crippen LogP contribution in [0.1, 0.15) is 6.04 Å². The zero-order chi connectivity index (χ0) is 11.1. The Bertz CT molecular complexity index is 534. The Morgan fingerprint density at radius 1 is 1.50 bits per heavy atom. The topological polar surface area (TPSA) is 36.3 Å². The summed E-state index contributed by atoms with van der Waals surface area (Å²) in [4.78, 5) is 4.38. The van der Waals surface area contributed by atoms with Gasteiger partial charge in [-0.3, -0.25) is 0 Å². The Morgan fingerprint density at radius 2 is 2.31 bits per heavy atom. The van der Waals surface area contributed by atoms with E-state index in [1.54, 1.807) is 7.11 Å². The van der Waals surface area contributed by atoms with Crippen LogP contribution in [0.25, 0.3) is 11.0 Å². The van der Waals surface area contributed by atoms with Crippen LogP contribution in [0.4, 0.5) is 0 Å². The van der Waals surface area contributed by atoms with Gasteiger partial charge in [-0.15, -0.1) is 0 Å². The summed E-state index contributed by atoms with van der Waals surface area (Å²) in [6, 6.07) is 4.39. The number of methoxy groups -OCH3 is 1. The largest absolute Gasteiger partial charge is 0.495 e. The molecular formula is C11H11BrN2O2. The van der Waals surface area contributed by atoms with Crippen molar-refractivity contribution in [3.8, 4) is 5.75 Å². The highest BCUT2D eigenvalue weighted by Crippen LogP contribution is 2.31. The minimum atomic E-state index is 0.413. The Hall–Kier alpha value is -1.07. The molecule has 0 amide bonds. The van der Waals surface area contributed by atoms with Crippen molar-refractivity contribution in [1.82, 2.24) is 9.55 Å². The summed E-state index contributed by atoms with van der Waals surface area (Å²) in [6.45, 7) is 1.54. The number of fused-ring (bicyclic) bond motifs is 1. The van der Waals surface area contributed by atoms with E-state index in [2.05, 4.69) is 25.5 Å². The van der Waals surface area contributed by atoms with Gasteiger partial charge in [0.15, 0.2) is 0 Å². The van der Waals surface area contributed by atoms with Gasteiger partial charge in [0.2, 0.25) is 0 Å². The first-order valence-corrected chi connectivity index (χ1v) is 5.86. The maximum absolute atomic E-state index is 5.29. The van der Waals surface area contributed by atoms with Gasteiger partial charge in [0.25, 0.3) is 0 Å². The van der Waals surface area contributed by atoms with Crippen molar-refractivity contribution in [3.05, 3.63) is 22.9 Å². The van der Waals surface area contributed by atoms with Gasteiger partial charge in [-0.25, -0.2) is 4.98 Å². The summed E-state index contributed by atoms with van der Waals surface area (Å²) >= 11 is 3.46. The summed E-state index contributed by atoms with van der Waals surface area (Å²) in [6.07, 6.45) is 1.86. The number of halogens is 1. The number of hydrogen-bond donors (Lipinski definition) is 0. The van der Waals surface area contributed by atoms with E-state index in [0.29, 0.717) is 6.04 Å². The zero-order valence-electron chi connectivity index (χ0n) is 8.81. The minimum absolute atomic E-state index is 0.413. The second-order valence-corrected chi connectivity index (χ2v) is 4.67. The molecule has 1 aliphatic heterocycles. The fourth-order valence-electron chi connectivity index (χ4n) is 1.86. The number of imidazole rings is 1. The quantitative estimate of drug-likeness (QED) is 0.849. The lowest BCUT2D eigenvalue weighted by molar-refractivity contribution is -0.0216. The predicted molar refractivity (Wildman–Crippen MR) is 63.8 cm³/mol. The summed E-state index contributed by atoms with van der Waals surface area (Å²) in [7, 11) is 1.67. The van der Waals surface area contributed by atoms with E-state index in [1.165, 1.54) is 0 Å². The van der Waals surface area contributed by atoms with Crippen LogP contribution in [0.3, 0.4) is 0 Å². The fourth-order valence-corrected chi connectivity index (χ4v) is 2.35. The average Bonchev–Trinajstić information content (AvgIpc) is 2.58. The Balaban J connectivity index is 2.16. The number of nitrogens with zero attached hydrogens (tertiary/aromatic N) is 2. The normalized spacial score (nSPS) is 16.4. The first-order valence-electron chi connectivity index (χ1n) is 5.07. The van der Waals surface area contributed by atoms with Crippen LogP contribution in [-0.2, 0) is 4.74 Å². The van der Waals surface area contributed by atoms with E-state index in [4.69, 9.17) is 9.47 Å². The van der Waals surface area contributed by atoms with Crippen molar-refractivity contribution in [2.24, 2.45) is 0 Å². The van der Waals surface area contributed by atoms with Crippen LogP contribution in [0.5, 0.6) is 5.75 Å². The van der Waals surface area contributed by atoms with E-state index in [1.807, 2.05) is 18.5 Å². The predicted octanol–water partition coefficient (Wildman–Crippen LogP) is 2.38. The molecule has 0 unspecified atom stereocenters. The van der Waals surface area contributed by atoms with Crippen LogP contribution in [-0.4, -0.2) is 29.9 Å². The van der Waals surface area contributed by atoms with Gasteiger partial charge < -0.3 is 14.0 Å². The maximum Gasteiger partial charge on any atom is 0.135 e. The van der Waals surface area contributed by atoms with Gasteiger partial charge in [0.1, 0.15) is 5.75 Å². The van der Waals surface area contributed by atoms with E-state index in [-0.39, 0.29) is 0 Å². The van der Waals surface area contributed by atoms with E-state index < -0.39 is 0 Å². The van der Waals surface area contributed by atoms with Gasteiger partial charge in [0, 0.05) is 6.07 Å². The van der Waals surface area contributed by atoms with Crippen molar-refractivity contribution in [2.45, 2.75) is 6.04 Å². The van der Waals surface area contributed by atoms with Crippen molar-refractivity contribution in [1.29, 1.82) is 0 Å². The Labute approximate surface area is 101 Å². The molecule has 5 heteroatoms. The van der Waals surface area contributed by atoms with Crippen LogP contribution in [0.15, 0.2) is 22.9 Å². The highest BCUT2D eigenvalue weighted by Gasteiger charge is 2.22. The summed E-state index contributed by atoms with van der Waals surface area (Å²) < 4.78 is 13.6. The third-order valence-corrected chi connectivity index (χ3v) is 3.48. The van der Waals surface area contributed by atoms with Gasteiger partial charge in [-0.1, -0.05) is 0 Å². The number of rotatable bonds is 2. The molecule has 4 nitrogen and oxygen atoms in total. The van der Waals surface area contributed by atoms with Crippen molar-refractivity contribution in [3.63, 3.8) is 0 Å². The second-order valence-electron chi connectivity index (χ2n) is 3.82. The van der Waals surface area contributed by atoms with E-state index in [9.17, 15) is 0 Å². The molecule has 84 valence electrons. The lowest BCUT2D eigenvalue weighted by atomic mass is 10.2. The smallest absolute Gasteiger partial charge is 0.135 e. The molecular weight excluding hydrogens is 272 g/mol. The molecule has 1 aliphatic rings.